The van der Waals surface area contributed by atoms with Crippen molar-refractivity contribution in [2.45, 2.75) is 37.5 Å². The molecule has 1 aromatic carbocycles. The van der Waals surface area contributed by atoms with Crippen LogP contribution in [0, 0.1) is 11.3 Å². The molecule has 0 spiro atoms. The second-order valence-electron chi connectivity index (χ2n) is 6.92. The molecule has 1 aliphatic carbocycles. The number of nitriles is 1. The first-order chi connectivity index (χ1) is 13.1. The molecule has 1 aliphatic rings. The van der Waals surface area contributed by atoms with Crippen LogP contribution in [0.2, 0.25) is 0 Å². The van der Waals surface area contributed by atoms with E-state index < -0.39 is 6.10 Å². The molecule has 1 atom stereocenters. The molecule has 0 bridgehead atoms. The van der Waals surface area contributed by atoms with Gasteiger partial charge in [-0.25, -0.2) is 0 Å². The predicted molar refractivity (Wildman–Crippen MR) is 101 cm³/mol. The van der Waals surface area contributed by atoms with E-state index in [0.29, 0.717) is 19.5 Å². The van der Waals surface area contributed by atoms with Crippen molar-refractivity contribution in [3.05, 3.63) is 53.9 Å². The summed E-state index contributed by atoms with van der Waals surface area (Å²) in [5.74, 6) is 1.47. The van der Waals surface area contributed by atoms with Crippen molar-refractivity contribution in [2.24, 2.45) is 0 Å². The Balaban J connectivity index is 1.84. The van der Waals surface area contributed by atoms with Crippen molar-refractivity contribution in [3.63, 3.8) is 0 Å². The summed E-state index contributed by atoms with van der Waals surface area (Å²) in [5.41, 5.74) is 1.60. The third kappa shape index (κ3) is 4.38. The quantitative estimate of drug-likeness (QED) is 0.734. The lowest BCUT2D eigenvalue weighted by Crippen LogP contribution is -2.39. The Hall–Kier alpha value is -2.62. The van der Waals surface area contributed by atoms with Crippen LogP contribution < -0.4 is 9.47 Å². The number of pyridine rings is 1. The Morgan fingerprint density at radius 1 is 1.30 bits per heavy atom. The Labute approximate surface area is 160 Å². The smallest absolute Gasteiger partial charge is 0.127 e. The molecule has 1 heterocycles. The van der Waals surface area contributed by atoms with E-state index in [4.69, 9.17) is 9.47 Å². The van der Waals surface area contributed by atoms with Gasteiger partial charge in [0.1, 0.15) is 11.5 Å². The molecule has 6 nitrogen and oxygen atoms in total. The van der Waals surface area contributed by atoms with Crippen LogP contribution in [0.1, 0.15) is 36.5 Å². The summed E-state index contributed by atoms with van der Waals surface area (Å²) < 4.78 is 10.8. The summed E-state index contributed by atoms with van der Waals surface area (Å²) in [5, 5.41) is 20.0. The van der Waals surface area contributed by atoms with Gasteiger partial charge in [-0.15, -0.1) is 0 Å². The number of aromatic nitrogens is 1. The lowest BCUT2D eigenvalue weighted by Gasteiger charge is -2.33. The molecule has 0 saturated heterocycles. The van der Waals surface area contributed by atoms with Crippen LogP contribution in [-0.2, 0) is 6.54 Å². The van der Waals surface area contributed by atoms with E-state index in [1.807, 2.05) is 30.3 Å². The molecule has 1 unspecified atom stereocenters. The molecule has 0 amide bonds. The first-order valence-electron chi connectivity index (χ1n) is 9.03. The third-order valence-electron chi connectivity index (χ3n) is 5.22. The van der Waals surface area contributed by atoms with Crippen LogP contribution in [0.25, 0.3) is 0 Å². The summed E-state index contributed by atoms with van der Waals surface area (Å²) in [6.07, 6.45) is 5.07. The monoisotopic (exact) mass is 367 g/mol. The van der Waals surface area contributed by atoms with Gasteiger partial charge in [-0.1, -0.05) is 12.1 Å². The van der Waals surface area contributed by atoms with E-state index in [2.05, 4.69) is 16.0 Å². The Bertz CT molecular complexity index is 800. The minimum Gasteiger partial charge on any atom is -0.497 e. The van der Waals surface area contributed by atoms with Gasteiger partial charge in [0.15, 0.2) is 0 Å². The van der Waals surface area contributed by atoms with Gasteiger partial charge < -0.3 is 14.6 Å². The lowest BCUT2D eigenvalue weighted by atomic mass is 10.1. The number of hydrogen-bond donors (Lipinski definition) is 1. The number of aliphatic hydroxyl groups excluding tert-OH is 1. The number of β-amino-alcohol motifs (C(OH)–C–C–N with tert-alkyl or cyclic N) is 1. The maximum Gasteiger partial charge on any atom is 0.127 e. The molecule has 27 heavy (non-hydrogen) atoms. The summed E-state index contributed by atoms with van der Waals surface area (Å²) in [6.45, 7) is 1.02. The van der Waals surface area contributed by atoms with Gasteiger partial charge in [-0.2, -0.15) is 5.26 Å². The highest BCUT2D eigenvalue weighted by atomic mass is 16.5. The van der Waals surface area contributed by atoms with Crippen LogP contribution in [0.15, 0.2) is 42.7 Å². The van der Waals surface area contributed by atoms with E-state index in [0.717, 1.165) is 35.5 Å². The summed E-state index contributed by atoms with van der Waals surface area (Å²) in [6, 6.07) is 11.7. The Morgan fingerprint density at radius 3 is 2.70 bits per heavy atom. The largest absolute Gasteiger partial charge is 0.497 e. The summed E-state index contributed by atoms with van der Waals surface area (Å²) >= 11 is 0. The second-order valence-corrected chi connectivity index (χ2v) is 6.92. The molecule has 142 valence electrons. The number of benzene rings is 1. The lowest BCUT2D eigenvalue weighted by molar-refractivity contribution is 0.0721. The van der Waals surface area contributed by atoms with Gasteiger partial charge in [0.2, 0.25) is 0 Å². The summed E-state index contributed by atoms with van der Waals surface area (Å²) in [7, 11) is 3.26. The van der Waals surface area contributed by atoms with Crippen LogP contribution in [0.5, 0.6) is 11.5 Å². The fourth-order valence-electron chi connectivity index (χ4n) is 3.40. The van der Waals surface area contributed by atoms with Crippen LogP contribution >= 0.6 is 0 Å². The number of ether oxygens (including phenoxy) is 2. The minimum atomic E-state index is -0.667. The zero-order chi connectivity index (χ0) is 19.3. The molecule has 0 aliphatic heterocycles. The molecule has 1 aromatic heterocycles. The number of nitrogens with zero attached hydrogens (tertiary/aromatic N) is 3. The van der Waals surface area contributed by atoms with Gasteiger partial charge in [0, 0.05) is 48.2 Å². The van der Waals surface area contributed by atoms with E-state index in [1.54, 1.807) is 26.6 Å². The SMILES string of the molecule is COc1ccc(CN(CC(O)c2cccnc2)C2(CC#N)CC2)c(OC)c1. The number of methoxy groups -OCH3 is 2. The predicted octanol–water partition coefficient (Wildman–Crippen LogP) is 3.08. The standard InChI is InChI=1S/C21H25N3O3/c1-26-18-6-5-17(20(12-18)27-2)14-24(21(7-8-21)9-10-22)15-19(25)16-4-3-11-23-13-16/h3-6,11-13,19,25H,7-9,14-15H2,1-2H3. The Kier molecular flexibility index (Phi) is 5.94. The van der Waals surface area contributed by atoms with Crippen LogP contribution in [-0.4, -0.2) is 41.3 Å². The van der Waals surface area contributed by atoms with E-state index in [-0.39, 0.29) is 5.54 Å². The molecule has 1 fully saturated rings. The molecular formula is C21H25N3O3. The fourth-order valence-corrected chi connectivity index (χ4v) is 3.40. The normalized spacial score (nSPS) is 15.8. The summed E-state index contributed by atoms with van der Waals surface area (Å²) in [4.78, 5) is 6.30. The van der Waals surface area contributed by atoms with Crippen LogP contribution in [0.4, 0.5) is 0 Å². The van der Waals surface area contributed by atoms with Gasteiger partial charge in [0.05, 0.1) is 32.8 Å². The molecule has 1 saturated carbocycles. The van der Waals surface area contributed by atoms with Crippen molar-refractivity contribution in [1.29, 1.82) is 5.26 Å². The first kappa shape index (κ1) is 19.2. The van der Waals surface area contributed by atoms with Crippen molar-refractivity contribution in [3.8, 4) is 17.6 Å². The molecular weight excluding hydrogens is 342 g/mol. The first-order valence-corrected chi connectivity index (χ1v) is 9.03. The number of aliphatic hydroxyl groups is 1. The second kappa shape index (κ2) is 8.38. The molecule has 6 heteroatoms. The Morgan fingerprint density at radius 2 is 2.11 bits per heavy atom. The van der Waals surface area contributed by atoms with E-state index in [9.17, 15) is 10.4 Å². The van der Waals surface area contributed by atoms with Crippen molar-refractivity contribution < 1.29 is 14.6 Å². The highest BCUT2D eigenvalue weighted by molar-refractivity contribution is 5.41. The highest BCUT2D eigenvalue weighted by Gasteiger charge is 2.48. The molecule has 3 rings (SSSR count). The zero-order valence-corrected chi connectivity index (χ0v) is 15.8. The molecule has 1 N–H and O–H groups in total. The number of rotatable bonds is 9. The van der Waals surface area contributed by atoms with E-state index >= 15 is 0 Å². The van der Waals surface area contributed by atoms with Gasteiger partial charge in [-0.3, -0.25) is 9.88 Å². The van der Waals surface area contributed by atoms with Gasteiger partial charge >= 0.3 is 0 Å². The molecule has 2 aromatic rings. The third-order valence-corrected chi connectivity index (χ3v) is 5.22. The van der Waals surface area contributed by atoms with Crippen LogP contribution in [0.3, 0.4) is 0 Å². The molecule has 0 radical (unpaired) electrons. The van der Waals surface area contributed by atoms with Crippen molar-refractivity contribution >= 4 is 0 Å². The van der Waals surface area contributed by atoms with Gasteiger partial charge in [0.25, 0.3) is 0 Å². The van der Waals surface area contributed by atoms with Crippen molar-refractivity contribution in [1.82, 2.24) is 9.88 Å². The highest BCUT2D eigenvalue weighted by Crippen LogP contribution is 2.46. The fraction of sp³-hybridized carbons (Fsp3) is 0.429. The topological polar surface area (TPSA) is 78.6 Å². The average Bonchev–Trinajstić information content (AvgIpc) is 3.49. The number of hydrogen-bond acceptors (Lipinski definition) is 6. The minimum absolute atomic E-state index is 0.178. The van der Waals surface area contributed by atoms with Crippen molar-refractivity contribution in [2.75, 3.05) is 20.8 Å². The maximum absolute atomic E-state index is 10.7. The average molecular weight is 367 g/mol. The zero-order valence-electron chi connectivity index (χ0n) is 15.8. The van der Waals surface area contributed by atoms with E-state index in [1.165, 1.54) is 0 Å². The van der Waals surface area contributed by atoms with Gasteiger partial charge in [-0.05, 0) is 25.0 Å². The maximum atomic E-state index is 10.7.